The van der Waals surface area contributed by atoms with Crippen molar-refractivity contribution in [1.82, 2.24) is 0 Å². The maximum absolute atomic E-state index is 11.1. The van der Waals surface area contributed by atoms with Gasteiger partial charge in [0.15, 0.2) is 0 Å². The zero-order valence-corrected chi connectivity index (χ0v) is 8.81. The highest BCUT2D eigenvalue weighted by molar-refractivity contribution is 5.85. The molecule has 0 radical (unpaired) electrons. The zero-order chi connectivity index (χ0) is 10.9. The van der Waals surface area contributed by atoms with Crippen molar-refractivity contribution in [1.29, 1.82) is 0 Å². The number of hydrogen-bond acceptors (Lipinski definition) is 1. The molecule has 4 rings (SSSR count). The van der Waals surface area contributed by atoms with Gasteiger partial charge in [-0.2, -0.15) is 0 Å². The summed E-state index contributed by atoms with van der Waals surface area (Å²) in [6.07, 6.45) is 4.45. The van der Waals surface area contributed by atoms with Gasteiger partial charge in [-0.1, -0.05) is 24.3 Å². The summed E-state index contributed by atoms with van der Waals surface area (Å²) in [6, 6.07) is 6.38. The molecule has 2 heteroatoms. The van der Waals surface area contributed by atoms with Crippen molar-refractivity contribution in [3.63, 3.8) is 0 Å². The Labute approximate surface area is 93.6 Å². The third-order valence-corrected chi connectivity index (χ3v) is 4.28. The highest BCUT2D eigenvalue weighted by Crippen LogP contribution is 2.61. The molecule has 2 nitrogen and oxygen atoms in total. The van der Waals surface area contributed by atoms with Gasteiger partial charge >= 0.3 is 5.97 Å². The van der Waals surface area contributed by atoms with Gasteiger partial charge in [0.25, 0.3) is 0 Å². The molecule has 3 atom stereocenters. The molecule has 1 aromatic rings. The number of fused-ring (bicyclic) bond motifs is 2. The maximum atomic E-state index is 11.1. The second-order valence-corrected chi connectivity index (χ2v) is 5.04. The van der Waals surface area contributed by atoms with Crippen LogP contribution in [0.3, 0.4) is 0 Å². The van der Waals surface area contributed by atoms with Gasteiger partial charge in [0.2, 0.25) is 0 Å². The second-order valence-electron chi connectivity index (χ2n) is 5.04. The minimum absolute atomic E-state index is 0.162. The fourth-order valence-corrected chi connectivity index (χ4v) is 3.55. The monoisotopic (exact) mass is 212 g/mol. The summed E-state index contributed by atoms with van der Waals surface area (Å²) in [5.74, 6) is -0.267. The quantitative estimate of drug-likeness (QED) is 0.776. The van der Waals surface area contributed by atoms with Crippen molar-refractivity contribution in [2.24, 2.45) is 11.8 Å². The van der Waals surface area contributed by atoms with Gasteiger partial charge in [-0.05, 0) is 41.0 Å². The molecule has 3 aliphatic carbocycles. The average Bonchev–Trinajstić information content (AvgIpc) is 2.86. The second kappa shape index (κ2) is 2.57. The molecule has 1 N–H and O–H groups in total. The predicted octanol–water partition coefficient (Wildman–Crippen LogP) is 2.44. The van der Waals surface area contributed by atoms with Crippen molar-refractivity contribution in [2.75, 3.05) is 0 Å². The molecule has 0 unspecified atom stereocenters. The third-order valence-electron chi connectivity index (χ3n) is 4.28. The molecular formula is C14H12O2. The first-order chi connectivity index (χ1) is 7.77. The fraction of sp³-hybridized carbons (Fsp3) is 0.357. The third kappa shape index (κ3) is 0.861. The van der Waals surface area contributed by atoms with Crippen molar-refractivity contribution in [2.45, 2.75) is 18.8 Å². The van der Waals surface area contributed by atoms with Crippen molar-refractivity contribution >= 4 is 11.5 Å². The van der Waals surface area contributed by atoms with Crippen LogP contribution in [0.25, 0.3) is 5.57 Å². The van der Waals surface area contributed by atoms with Crippen LogP contribution in [0.15, 0.2) is 24.3 Å². The molecule has 3 aliphatic rings. The number of carboxylic acids is 1. The van der Waals surface area contributed by atoms with E-state index in [0.717, 1.165) is 12.8 Å². The summed E-state index contributed by atoms with van der Waals surface area (Å²) in [5.41, 5.74) is 5.49. The molecule has 0 bridgehead atoms. The van der Waals surface area contributed by atoms with E-state index in [-0.39, 0.29) is 17.8 Å². The number of benzene rings is 1. The number of allylic oxidation sites excluding steroid dienone is 2. The van der Waals surface area contributed by atoms with Crippen LogP contribution in [0.2, 0.25) is 0 Å². The lowest BCUT2D eigenvalue weighted by molar-refractivity contribution is -0.138. The zero-order valence-electron chi connectivity index (χ0n) is 8.81. The first kappa shape index (κ1) is 8.57. The van der Waals surface area contributed by atoms with E-state index in [0.29, 0.717) is 0 Å². The molecule has 0 spiro atoms. The largest absolute Gasteiger partial charge is 0.481 e. The topological polar surface area (TPSA) is 37.3 Å². The fourth-order valence-electron chi connectivity index (χ4n) is 3.55. The first-order valence-electron chi connectivity index (χ1n) is 5.83. The molecule has 16 heavy (non-hydrogen) atoms. The van der Waals surface area contributed by atoms with Crippen LogP contribution in [0.1, 0.15) is 29.0 Å². The molecule has 0 amide bonds. The Kier molecular flexibility index (Phi) is 1.37. The summed E-state index contributed by atoms with van der Waals surface area (Å²) in [6.45, 7) is 0. The van der Waals surface area contributed by atoms with E-state index in [9.17, 15) is 4.79 Å². The Bertz CT molecular complexity index is 542. The number of carboxylic acid groups (broad SMARTS) is 1. The maximum Gasteiger partial charge on any atom is 0.307 e. The Hall–Kier alpha value is -1.57. The standard InChI is InChI=1S/C14H12O2/c15-14(16)13-10-6-8-5-4-7-2-1-3-9(11(7)8)12(10)13/h1-3,6,10,12-13H,4-5H2,(H,15,16)/t10-,12-,13-/m0/s1. The van der Waals surface area contributed by atoms with Gasteiger partial charge in [0.1, 0.15) is 0 Å². The van der Waals surface area contributed by atoms with Gasteiger partial charge < -0.3 is 5.11 Å². The summed E-state index contributed by atoms with van der Waals surface area (Å²) < 4.78 is 0. The Morgan fingerprint density at radius 2 is 2.19 bits per heavy atom. The first-order valence-corrected chi connectivity index (χ1v) is 5.83. The molecule has 0 saturated heterocycles. The van der Waals surface area contributed by atoms with Crippen molar-refractivity contribution in [3.8, 4) is 0 Å². The van der Waals surface area contributed by atoms with Gasteiger partial charge in [-0.3, -0.25) is 4.79 Å². The molecule has 0 aromatic heterocycles. The Morgan fingerprint density at radius 1 is 1.31 bits per heavy atom. The minimum atomic E-state index is -0.635. The van der Waals surface area contributed by atoms with Gasteiger partial charge in [0, 0.05) is 5.92 Å². The van der Waals surface area contributed by atoms with Crippen LogP contribution < -0.4 is 0 Å². The predicted molar refractivity (Wildman–Crippen MR) is 60.1 cm³/mol. The Morgan fingerprint density at radius 3 is 3.00 bits per heavy atom. The normalized spacial score (nSPS) is 32.8. The number of aliphatic carboxylic acids is 1. The lowest BCUT2D eigenvalue weighted by atomic mass is 9.91. The number of carbonyl (C=O) groups is 1. The van der Waals surface area contributed by atoms with Gasteiger partial charge in [-0.25, -0.2) is 0 Å². The van der Waals surface area contributed by atoms with Crippen LogP contribution in [0.5, 0.6) is 0 Å². The molecular weight excluding hydrogens is 200 g/mol. The highest BCUT2D eigenvalue weighted by Gasteiger charge is 2.57. The SMILES string of the molecule is O=C(O)[C@H]1[C@H]2C=C3CCc4cccc(c43)[C@@H]21. The van der Waals surface area contributed by atoms with Crippen LogP contribution in [-0.2, 0) is 11.2 Å². The van der Waals surface area contributed by atoms with E-state index in [2.05, 4.69) is 24.3 Å². The summed E-state index contributed by atoms with van der Waals surface area (Å²) in [5, 5.41) is 9.15. The molecule has 0 aliphatic heterocycles. The van der Waals surface area contributed by atoms with Crippen LogP contribution in [0, 0.1) is 11.8 Å². The van der Waals surface area contributed by atoms with Gasteiger partial charge in [-0.15, -0.1) is 0 Å². The van der Waals surface area contributed by atoms with E-state index in [4.69, 9.17) is 5.11 Å². The lowest BCUT2D eigenvalue weighted by Crippen LogP contribution is -2.00. The number of rotatable bonds is 1. The minimum Gasteiger partial charge on any atom is -0.481 e. The van der Waals surface area contributed by atoms with E-state index in [1.54, 1.807) is 0 Å². The highest BCUT2D eigenvalue weighted by atomic mass is 16.4. The smallest absolute Gasteiger partial charge is 0.307 e. The van der Waals surface area contributed by atoms with Crippen molar-refractivity contribution < 1.29 is 9.90 Å². The molecule has 1 saturated carbocycles. The number of hydrogen-bond donors (Lipinski definition) is 1. The summed E-state index contributed by atoms with van der Waals surface area (Å²) >= 11 is 0. The van der Waals surface area contributed by atoms with Crippen LogP contribution >= 0.6 is 0 Å². The van der Waals surface area contributed by atoms with Crippen LogP contribution in [0.4, 0.5) is 0 Å². The number of aryl methyl sites for hydroxylation is 1. The molecule has 0 heterocycles. The summed E-state index contributed by atoms with van der Waals surface area (Å²) in [4.78, 5) is 11.1. The van der Waals surface area contributed by atoms with E-state index < -0.39 is 5.97 Å². The van der Waals surface area contributed by atoms with E-state index in [1.807, 2.05) is 0 Å². The van der Waals surface area contributed by atoms with Crippen LogP contribution in [-0.4, -0.2) is 11.1 Å². The van der Waals surface area contributed by atoms with E-state index in [1.165, 1.54) is 22.3 Å². The summed E-state index contributed by atoms with van der Waals surface area (Å²) in [7, 11) is 0. The lowest BCUT2D eigenvalue weighted by Gasteiger charge is -2.13. The molecule has 1 fully saturated rings. The van der Waals surface area contributed by atoms with Gasteiger partial charge in [0.05, 0.1) is 5.92 Å². The molecule has 80 valence electrons. The molecule has 1 aromatic carbocycles. The van der Waals surface area contributed by atoms with Crippen molar-refractivity contribution in [3.05, 3.63) is 41.0 Å². The van der Waals surface area contributed by atoms with E-state index >= 15 is 0 Å². The average molecular weight is 212 g/mol. The Balaban J connectivity index is 1.93.